The molecule has 5 heteroatoms. The summed E-state index contributed by atoms with van der Waals surface area (Å²) in [5.41, 5.74) is 2.17. The molecule has 0 aliphatic rings. The van der Waals surface area contributed by atoms with Crippen LogP contribution < -0.4 is 0 Å². The van der Waals surface area contributed by atoms with Gasteiger partial charge in [0.1, 0.15) is 6.33 Å². The lowest BCUT2D eigenvalue weighted by molar-refractivity contribution is 0.780. The van der Waals surface area contributed by atoms with E-state index >= 15 is 0 Å². The number of rotatable bonds is 4. The summed E-state index contributed by atoms with van der Waals surface area (Å²) in [6.45, 7) is 2.19. The van der Waals surface area contributed by atoms with Crippen molar-refractivity contribution in [2.75, 3.05) is 0 Å². The Morgan fingerprint density at radius 3 is 2.85 bits per heavy atom. The van der Waals surface area contributed by atoms with Crippen LogP contribution in [0.15, 0.2) is 47.9 Å². The van der Waals surface area contributed by atoms with Gasteiger partial charge in [-0.3, -0.25) is 4.98 Å². The molecular formula is C15H16N4S. The molecule has 1 aromatic carbocycles. The van der Waals surface area contributed by atoms with Crippen molar-refractivity contribution in [3.63, 3.8) is 0 Å². The molecule has 3 aromatic rings. The van der Waals surface area contributed by atoms with Crippen LogP contribution in [0.1, 0.15) is 12.6 Å². The Morgan fingerprint density at radius 1 is 1.20 bits per heavy atom. The average Bonchev–Trinajstić information content (AvgIpc) is 2.84. The summed E-state index contributed by atoms with van der Waals surface area (Å²) in [6.07, 6.45) is 2.64. The average molecular weight is 284 g/mol. The quantitative estimate of drug-likeness (QED) is 0.691. The topological polar surface area (TPSA) is 43.6 Å². The minimum absolute atomic E-state index is 0.409. The Bertz CT molecular complexity index is 722. The van der Waals surface area contributed by atoms with Gasteiger partial charge >= 0.3 is 0 Å². The van der Waals surface area contributed by atoms with Gasteiger partial charge in [0.2, 0.25) is 0 Å². The van der Waals surface area contributed by atoms with E-state index in [1.54, 1.807) is 18.1 Å². The van der Waals surface area contributed by atoms with E-state index in [-0.39, 0.29) is 0 Å². The van der Waals surface area contributed by atoms with Gasteiger partial charge in [-0.25, -0.2) is 0 Å². The first-order chi connectivity index (χ1) is 9.72. The molecule has 2 aromatic heterocycles. The van der Waals surface area contributed by atoms with Gasteiger partial charge in [-0.05, 0) is 12.1 Å². The monoisotopic (exact) mass is 284 g/mol. The van der Waals surface area contributed by atoms with Crippen molar-refractivity contribution < 1.29 is 0 Å². The van der Waals surface area contributed by atoms with Crippen molar-refractivity contribution in [1.82, 2.24) is 19.7 Å². The first-order valence-corrected chi connectivity index (χ1v) is 7.45. The van der Waals surface area contributed by atoms with E-state index in [1.165, 1.54) is 5.39 Å². The third-order valence-corrected chi connectivity index (χ3v) is 4.28. The molecule has 20 heavy (non-hydrogen) atoms. The smallest absolute Gasteiger partial charge is 0.191 e. The second kappa shape index (κ2) is 5.63. The number of para-hydroxylation sites is 1. The Kier molecular flexibility index (Phi) is 3.69. The lowest BCUT2D eigenvalue weighted by Crippen LogP contribution is -2.05. The maximum atomic E-state index is 4.71. The van der Waals surface area contributed by atoms with E-state index in [1.807, 2.05) is 23.7 Å². The second-order valence-corrected chi connectivity index (χ2v) is 6.26. The Hall–Kier alpha value is -1.88. The fourth-order valence-corrected chi connectivity index (χ4v) is 3.04. The van der Waals surface area contributed by atoms with Crippen LogP contribution >= 0.6 is 11.8 Å². The van der Waals surface area contributed by atoms with Gasteiger partial charge in [0.15, 0.2) is 5.16 Å². The number of fused-ring (bicyclic) bond motifs is 1. The highest BCUT2D eigenvalue weighted by Gasteiger charge is 2.10. The van der Waals surface area contributed by atoms with E-state index < -0.39 is 0 Å². The van der Waals surface area contributed by atoms with Crippen molar-refractivity contribution in [1.29, 1.82) is 0 Å². The molecule has 0 amide bonds. The molecule has 0 spiro atoms. The van der Waals surface area contributed by atoms with Gasteiger partial charge in [-0.15, -0.1) is 10.2 Å². The Balaban J connectivity index is 1.74. The van der Waals surface area contributed by atoms with Crippen molar-refractivity contribution in [2.24, 2.45) is 7.05 Å². The highest BCUT2D eigenvalue weighted by Crippen LogP contribution is 2.23. The standard InChI is InChI=1S/C15H16N4S/c1-11(20-15-18-16-10-19(15)2)9-13-8-7-12-5-3-4-6-14(12)17-13/h3-8,10-11H,9H2,1-2H3/t11-/m0/s1. The zero-order valence-corrected chi connectivity index (χ0v) is 12.3. The number of pyridine rings is 1. The van der Waals surface area contributed by atoms with E-state index in [2.05, 4.69) is 41.4 Å². The summed E-state index contributed by atoms with van der Waals surface area (Å²) >= 11 is 1.73. The summed E-state index contributed by atoms with van der Waals surface area (Å²) in [5, 5.41) is 10.5. The van der Waals surface area contributed by atoms with Gasteiger partial charge in [0.05, 0.1) is 5.52 Å². The SMILES string of the molecule is C[C@@H](Cc1ccc2ccccc2n1)Sc1nncn1C. The fraction of sp³-hybridized carbons (Fsp3) is 0.267. The van der Waals surface area contributed by atoms with Crippen LogP contribution in [0, 0.1) is 0 Å². The summed E-state index contributed by atoms with van der Waals surface area (Å²) in [7, 11) is 1.96. The first-order valence-electron chi connectivity index (χ1n) is 6.58. The molecule has 2 heterocycles. The largest absolute Gasteiger partial charge is 0.312 e. The zero-order chi connectivity index (χ0) is 13.9. The number of nitrogens with zero attached hydrogens (tertiary/aromatic N) is 4. The minimum atomic E-state index is 0.409. The van der Waals surface area contributed by atoms with Crippen LogP contribution in [0.25, 0.3) is 10.9 Å². The number of hydrogen-bond donors (Lipinski definition) is 0. The van der Waals surface area contributed by atoms with Gasteiger partial charge in [-0.2, -0.15) is 0 Å². The minimum Gasteiger partial charge on any atom is -0.312 e. The zero-order valence-electron chi connectivity index (χ0n) is 11.5. The van der Waals surface area contributed by atoms with Gasteiger partial charge in [0.25, 0.3) is 0 Å². The van der Waals surface area contributed by atoms with Gasteiger partial charge in [0, 0.05) is 29.8 Å². The third kappa shape index (κ3) is 2.82. The molecule has 0 N–H and O–H groups in total. The summed E-state index contributed by atoms with van der Waals surface area (Å²) < 4.78 is 1.94. The van der Waals surface area contributed by atoms with E-state index in [0.717, 1.165) is 22.8 Å². The molecule has 0 radical (unpaired) electrons. The predicted octanol–water partition coefficient (Wildman–Crippen LogP) is 3.09. The molecule has 1 atom stereocenters. The molecule has 3 rings (SSSR count). The van der Waals surface area contributed by atoms with Crippen LogP contribution in [0.4, 0.5) is 0 Å². The van der Waals surface area contributed by atoms with Gasteiger partial charge < -0.3 is 4.57 Å². The van der Waals surface area contributed by atoms with Crippen molar-refractivity contribution >= 4 is 22.7 Å². The summed E-state index contributed by atoms with van der Waals surface area (Å²) in [6, 6.07) is 12.4. The molecular weight excluding hydrogens is 268 g/mol. The third-order valence-electron chi connectivity index (χ3n) is 3.13. The number of thioether (sulfide) groups is 1. The number of aryl methyl sites for hydroxylation is 1. The molecule has 0 fully saturated rings. The van der Waals surface area contributed by atoms with Crippen molar-refractivity contribution in [2.45, 2.75) is 23.8 Å². The number of benzene rings is 1. The van der Waals surface area contributed by atoms with E-state index in [4.69, 9.17) is 4.98 Å². The fourth-order valence-electron chi connectivity index (χ4n) is 2.12. The Labute approximate surface area is 122 Å². The van der Waals surface area contributed by atoms with E-state index in [9.17, 15) is 0 Å². The van der Waals surface area contributed by atoms with E-state index in [0.29, 0.717) is 5.25 Å². The van der Waals surface area contributed by atoms with Crippen LogP contribution in [0.2, 0.25) is 0 Å². The first kappa shape index (κ1) is 13.1. The molecule has 0 saturated carbocycles. The van der Waals surface area contributed by atoms with Crippen LogP contribution in [0.3, 0.4) is 0 Å². The van der Waals surface area contributed by atoms with Crippen LogP contribution in [-0.2, 0) is 13.5 Å². The highest BCUT2D eigenvalue weighted by molar-refractivity contribution is 7.99. The van der Waals surface area contributed by atoms with Gasteiger partial charge in [-0.1, -0.05) is 43.0 Å². The molecule has 0 aliphatic heterocycles. The van der Waals surface area contributed by atoms with Crippen molar-refractivity contribution in [3.05, 3.63) is 48.4 Å². The predicted molar refractivity (Wildman–Crippen MR) is 81.8 cm³/mol. The maximum Gasteiger partial charge on any atom is 0.191 e. The lowest BCUT2D eigenvalue weighted by atomic mass is 10.1. The lowest BCUT2D eigenvalue weighted by Gasteiger charge is -2.10. The number of aromatic nitrogens is 4. The molecule has 0 unspecified atom stereocenters. The second-order valence-electron chi connectivity index (χ2n) is 4.85. The van der Waals surface area contributed by atoms with Crippen LogP contribution in [0.5, 0.6) is 0 Å². The molecule has 0 aliphatic carbocycles. The molecule has 4 nitrogen and oxygen atoms in total. The summed E-state index contributed by atoms with van der Waals surface area (Å²) in [4.78, 5) is 4.71. The Morgan fingerprint density at radius 2 is 2.05 bits per heavy atom. The summed E-state index contributed by atoms with van der Waals surface area (Å²) in [5.74, 6) is 0. The number of hydrogen-bond acceptors (Lipinski definition) is 4. The maximum absolute atomic E-state index is 4.71. The highest BCUT2D eigenvalue weighted by atomic mass is 32.2. The normalized spacial score (nSPS) is 12.7. The van der Waals surface area contributed by atoms with Crippen molar-refractivity contribution in [3.8, 4) is 0 Å². The molecule has 0 bridgehead atoms. The molecule has 0 saturated heterocycles. The van der Waals surface area contributed by atoms with Crippen LogP contribution in [-0.4, -0.2) is 25.0 Å². The molecule has 102 valence electrons.